The second kappa shape index (κ2) is 9.06. The van der Waals surface area contributed by atoms with Gasteiger partial charge in [-0.15, -0.1) is 0 Å². The molecule has 1 aromatic heterocycles. The molecule has 5 nitrogen and oxygen atoms in total. The van der Waals surface area contributed by atoms with E-state index in [4.69, 9.17) is 9.47 Å². The topological polar surface area (TPSA) is 57.5 Å². The maximum Gasteiger partial charge on any atom is 0.200 e. The van der Waals surface area contributed by atoms with Gasteiger partial charge in [0.25, 0.3) is 0 Å². The van der Waals surface area contributed by atoms with Gasteiger partial charge < -0.3 is 14.0 Å². The van der Waals surface area contributed by atoms with Crippen LogP contribution in [0, 0.1) is 5.82 Å². The molecule has 3 aromatic carbocycles. The van der Waals surface area contributed by atoms with Crippen LogP contribution >= 0.6 is 0 Å². The number of aromatic nitrogens is 1. The van der Waals surface area contributed by atoms with Crippen molar-refractivity contribution >= 4 is 16.7 Å². The van der Waals surface area contributed by atoms with Gasteiger partial charge in [-0.25, -0.2) is 4.39 Å². The zero-order chi connectivity index (χ0) is 22.7. The van der Waals surface area contributed by atoms with Crippen LogP contribution in [-0.4, -0.2) is 24.1 Å². The minimum atomic E-state index is -0.538. The van der Waals surface area contributed by atoms with E-state index in [1.165, 1.54) is 18.3 Å². The van der Waals surface area contributed by atoms with Gasteiger partial charge in [0.05, 0.1) is 31.3 Å². The van der Waals surface area contributed by atoms with E-state index in [0.717, 1.165) is 5.56 Å². The second-order valence-corrected chi connectivity index (χ2v) is 7.26. The van der Waals surface area contributed by atoms with Crippen LogP contribution < -0.4 is 14.9 Å². The molecule has 4 aromatic rings. The van der Waals surface area contributed by atoms with E-state index in [1.807, 2.05) is 31.2 Å². The van der Waals surface area contributed by atoms with Crippen LogP contribution in [0.3, 0.4) is 0 Å². The van der Waals surface area contributed by atoms with Crippen molar-refractivity contribution in [1.82, 2.24) is 4.57 Å². The van der Waals surface area contributed by atoms with Gasteiger partial charge in [0, 0.05) is 22.7 Å². The number of halogens is 1. The van der Waals surface area contributed by atoms with E-state index in [2.05, 4.69) is 0 Å². The molecule has 0 amide bonds. The van der Waals surface area contributed by atoms with Crippen molar-refractivity contribution in [1.29, 1.82) is 0 Å². The molecule has 0 spiro atoms. The number of fused-ring (bicyclic) bond motifs is 1. The highest BCUT2D eigenvalue weighted by Crippen LogP contribution is 2.22. The maximum absolute atomic E-state index is 14.0. The summed E-state index contributed by atoms with van der Waals surface area (Å²) in [5, 5.41) is 0.150. The van der Waals surface area contributed by atoms with Gasteiger partial charge in [-0.1, -0.05) is 18.2 Å². The summed E-state index contributed by atoms with van der Waals surface area (Å²) in [5.74, 6) is 0.348. The number of hydrogen-bond donors (Lipinski definition) is 0. The number of hydrogen-bond acceptors (Lipinski definition) is 4. The minimum absolute atomic E-state index is 0.0258. The van der Waals surface area contributed by atoms with E-state index in [9.17, 15) is 14.0 Å². The Kier molecular flexibility index (Phi) is 6.03. The molecule has 0 aliphatic heterocycles. The van der Waals surface area contributed by atoms with Crippen molar-refractivity contribution in [3.8, 4) is 11.5 Å². The lowest BCUT2D eigenvalue weighted by Gasteiger charge is -2.15. The molecule has 0 aliphatic carbocycles. The number of para-hydroxylation sites is 1. The monoisotopic (exact) mass is 431 g/mol. The molecule has 0 N–H and O–H groups in total. The first-order valence-electron chi connectivity index (χ1n) is 10.2. The number of methoxy groups -OCH3 is 1. The van der Waals surface area contributed by atoms with Crippen LogP contribution in [0.2, 0.25) is 0 Å². The van der Waals surface area contributed by atoms with Crippen molar-refractivity contribution in [2.24, 2.45) is 0 Å². The zero-order valence-corrected chi connectivity index (χ0v) is 17.8. The van der Waals surface area contributed by atoms with Gasteiger partial charge >= 0.3 is 0 Å². The molecule has 0 fully saturated rings. The van der Waals surface area contributed by atoms with E-state index in [0.29, 0.717) is 35.7 Å². The summed E-state index contributed by atoms with van der Waals surface area (Å²) in [6.07, 6.45) is 1.54. The van der Waals surface area contributed by atoms with Crippen molar-refractivity contribution in [2.45, 2.75) is 13.5 Å². The van der Waals surface area contributed by atoms with Crippen LogP contribution in [0.5, 0.6) is 11.5 Å². The van der Waals surface area contributed by atoms with Crippen molar-refractivity contribution in [3.63, 3.8) is 0 Å². The summed E-state index contributed by atoms with van der Waals surface area (Å²) in [6, 6.07) is 18.1. The SMILES string of the molecule is CCOc1ccc(C(=O)c2cn(Cc3ccccc3OC)c3ccc(F)cc3c2=O)cc1. The van der Waals surface area contributed by atoms with Crippen molar-refractivity contribution < 1.29 is 18.7 Å². The van der Waals surface area contributed by atoms with Gasteiger partial charge in [-0.05, 0) is 55.5 Å². The number of rotatable bonds is 7. The first kappa shape index (κ1) is 21.3. The Hall–Kier alpha value is -3.93. The molecule has 0 atom stereocenters. The quantitative estimate of drug-likeness (QED) is 0.394. The summed E-state index contributed by atoms with van der Waals surface area (Å²) in [6.45, 7) is 2.73. The van der Waals surface area contributed by atoms with Crippen LogP contribution in [0.25, 0.3) is 10.9 Å². The Bertz CT molecular complexity index is 1340. The maximum atomic E-state index is 14.0. The third kappa shape index (κ3) is 4.12. The van der Waals surface area contributed by atoms with E-state index in [-0.39, 0.29) is 10.9 Å². The molecule has 0 saturated carbocycles. The number of carbonyl (C=O) groups excluding carboxylic acids is 1. The highest BCUT2D eigenvalue weighted by Gasteiger charge is 2.18. The highest BCUT2D eigenvalue weighted by molar-refractivity contribution is 6.10. The van der Waals surface area contributed by atoms with Crippen LogP contribution in [0.4, 0.5) is 4.39 Å². The second-order valence-electron chi connectivity index (χ2n) is 7.26. The predicted molar refractivity (Wildman–Crippen MR) is 121 cm³/mol. The van der Waals surface area contributed by atoms with Crippen molar-refractivity contribution in [2.75, 3.05) is 13.7 Å². The van der Waals surface area contributed by atoms with E-state index < -0.39 is 17.0 Å². The highest BCUT2D eigenvalue weighted by atomic mass is 19.1. The Balaban J connectivity index is 1.85. The summed E-state index contributed by atoms with van der Waals surface area (Å²) in [7, 11) is 1.58. The normalized spacial score (nSPS) is 10.8. The molecule has 1 heterocycles. The standard InChI is InChI=1S/C26H22FNO4/c1-3-32-20-11-8-17(9-12-20)25(29)22-16-28(15-18-6-4-5-7-24(18)31-2)23-13-10-19(27)14-21(23)26(22)30/h4-14,16H,3,15H2,1-2H3. The van der Waals surface area contributed by atoms with Crippen molar-refractivity contribution in [3.05, 3.63) is 106 Å². The molecular formula is C26H22FNO4. The first-order valence-corrected chi connectivity index (χ1v) is 10.2. The number of nitrogens with zero attached hydrogens (tertiary/aromatic N) is 1. The molecule has 32 heavy (non-hydrogen) atoms. The van der Waals surface area contributed by atoms with Gasteiger partial charge in [0.2, 0.25) is 5.43 Å². The zero-order valence-electron chi connectivity index (χ0n) is 17.8. The summed E-state index contributed by atoms with van der Waals surface area (Å²) in [5.41, 5.74) is 1.22. The predicted octanol–water partition coefficient (Wildman–Crippen LogP) is 4.83. The summed E-state index contributed by atoms with van der Waals surface area (Å²) in [4.78, 5) is 26.4. The summed E-state index contributed by atoms with van der Waals surface area (Å²) >= 11 is 0. The van der Waals surface area contributed by atoms with Crippen LogP contribution in [-0.2, 0) is 6.54 Å². The molecular weight excluding hydrogens is 409 g/mol. The molecule has 0 unspecified atom stereocenters. The van der Waals surface area contributed by atoms with Gasteiger partial charge in [0.15, 0.2) is 5.78 Å². The summed E-state index contributed by atoms with van der Waals surface area (Å²) < 4.78 is 26.6. The fourth-order valence-corrected chi connectivity index (χ4v) is 3.70. The Labute approximate surface area is 184 Å². The molecule has 0 saturated heterocycles. The largest absolute Gasteiger partial charge is 0.496 e. The molecule has 6 heteroatoms. The van der Waals surface area contributed by atoms with Crippen LogP contribution in [0.1, 0.15) is 28.4 Å². The third-order valence-electron chi connectivity index (χ3n) is 5.25. The molecule has 4 rings (SSSR count). The first-order chi connectivity index (χ1) is 15.5. The lowest BCUT2D eigenvalue weighted by molar-refractivity contribution is 0.103. The number of ether oxygens (including phenoxy) is 2. The Morgan fingerprint density at radius 3 is 2.50 bits per heavy atom. The lowest BCUT2D eigenvalue weighted by Crippen LogP contribution is -2.20. The van der Waals surface area contributed by atoms with Crippen LogP contribution in [0.15, 0.2) is 77.7 Å². The number of ketones is 1. The molecule has 0 aliphatic rings. The third-order valence-corrected chi connectivity index (χ3v) is 5.25. The van der Waals surface area contributed by atoms with Gasteiger partial charge in [0.1, 0.15) is 17.3 Å². The fraction of sp³-hybridized carbons (Fsp3) is 0.154. The average molecular weight is 431 g/mol. The molecule has 0 bridgehead atoms. The smallest absolute Gasteiger partial charge is 0.200 e. The minimum Gasteiger partial charge on any atom is -0.496 e. The number of benzene rings is 3. The lowest BCUT2D eigenvalue weighted by atomic mass is 10.0. The molecule has 0 radical (unpaired) electrons. The van der Waals surface area contributed by atoms with Gasteiger partial charge in [-0.3, -0.25) is 9.59 Å². The van der Waals surface area contributed by atoms with E-state index in [1.54, 1.807) is 42.0 Å². The Morgan fingerprint density at radius 1 is 1.03 bits per heavy atom. The fourth-order valence-electron chi connectivity index (χ4n) is 3.70. The van der Waals surface area contributed by atoms with Gasteiger partial charge in [-0.2, -0.15) is 0 Å². The average Bonchev–Trinajstić information content (AvgIpc) is 2.81. The number of carbonyl (C=O) groups is 1. The molecule has 162 valence electrons. The van der Waals surface area contributed by atoms with E-state index >= 15 is 0 Å². The Morgan fingerprint density at radius 2 is 1.78 bits per heavy atom. The number of pyridine rings is 1.